The van der Waals surface area contributed by atoms with E-state index < -0.39 is 0 Å². The summed E-state index contributed by atoms with van der Waals surface area (Å²) in [7, 11) is 2.15. The first-order valence-corrected chi connectivity index (χ1v) is 8.26. The van der Waals surface area contributed by atoms with Crippen LogP contribution >= 0.6 is 0 Å². The van der Waals surface area contributed by atoms with Crippen molar-refractivity contribution in [2.45, 2.75) is 13.5 Å². The van der Waals surface area contributed by atoms with Gasteiger partial charge in [-0.1, -0.05) is 35.5 Å². The lowest BCUT2D eigenvalue weighted by Crippen LogP contribution is -2.45. The largest absolute Gasteiger partial charge is 0.352 e. The van der Waals surface area contributed by atoms with E-state index in [2.05, 4.69) is 49.3 Å². The molecule has 1 fully saturated rings. The van der Waals surface area contributed by atoms with Crippen LogP contribution in [0.1, 0.15) is 11.4 Å². The van der Waals surface area contributed by atoms with Crippen molar-refractivity contribution >= 4 is 17.0 Å². The number of hydrogen-bond donors (Lipinski definition) is 0. The number of aryl methyl sites for hydroxylation is 1. The molecule has 1 aromatic carbocycles. The van der Waals surface area contributed by atoms with Crippen molar-refractivity contribution in [3.63, 3.8) is 0 Å². The lowest BCUT2D eigenvalue weighted by molar-refractivity contribution is 0.312. The van der Waals surface area contributed by atoms with Gasteiger partial charge in [0.2, 0.25) is 0 Å². The number of aromatic nitrogens is 5. The number of rotatable bonds is 3. The predicted molar refractivity (Wildman–Crippen MR) is 93.1 cm³/mol. The van der Waals surface area contributed by atoms with Crippen LogP contribution in [0.3, 0.4) is 0 Å². The highest BCUT2D eigenvalue weighted by Crippen LogP contribution is 2.23. The monoisotopic (exact) mass is 323 g/mol. The summed E-state index contributed by atoms with van der Waals surface area (Å²) in [4.78, 5) is 13.9. The third-order valence-electron chi connectivity index (χ3n) is 4.43. The lowest BCUT2D eigenvalue weighted by Gasteiger charge is -2.33. The minimum absolute atomic E-state index is 0.663. The van der Waals surface area contributed by atoms with E-state index in [-0.39, 0.29) is 0 Å². The normalized spacial score (nSPS) is 16.0. The number of hydrogen-bond acceptors (Lipinski definition) is 6. The van der Waals surface area contributed by atoms with E-state index in [0.717, 1.165) is 49.0 Å². The molecule has 124 valence electrons. The molecule has 3 heterocycles. The molecule has 3 aromatic rings. The SMILES string of the molecule is Cc1nc(N2CCN(C)CC2)c2nnn(Cc3ccccc3)c2n1. The second-order valence-corrected chi connectivity index (χ2v) is 6.29. The molecule has 1 aliphatic heterocycles. The molecule has 0 saturated carbocycles. The highest BCUT2D eigenvalue weighted by molar-refractivity contribution is 5.83. The van der Waals surface area contributed by atoms with E-state index in [1.54, 1.807) is 0 Å². The van der Waals surface area contributed by atoms with Gasteiger partial charge in [-0.3, -0.25) is 0 Å². The molecule has 1 aliphatic rings. The summed E-state index contributed by atoms with van der Waals surface area (Å²) in [5.74, 6) is 1.66. The average Bonchev–Trinajstić information content (AvgIpc) is 2.99. The number of nitrogens with zero attached hydrogens (tertiary/aromatic N) is 7. The molecular weight excluding hydrogens is 302 g/mol. The van der Waals surface area contributed by atoms with Crippen LogP contribution in [-0.2, 0) is 6.54 Å². The molecule has 1 saturated heterocycles. The van der Waals surface area contributed by atoms with Crippen molar-refractivity contribution < 1.29 is 0 Å². The first kappa shape index (κ1) is 15.0. The first-order valence-electron chi connectivity index (χ1n) is 8.26. The van der Waals surface area contributed by atoms with Crippen LogP contribution in [0.2, 0.25) is 0 Å². The Bertz CT molecular complexity index is 835. The Morgan fingerprint density at radius 3 is 2.50 bits per heavy atom. The summed E-state index contributed by atoms with van der Waals surface area (Å²) >= 11 is 0. The van der Waals surface area contributed by atoms with Crippen molar-refractivity contribution in [2.75, 3.05) is 38.1 Å². The van der Waals surface area contributed by atoms with Gasteiger partial charge in [-0.05, 0) is 19.5 Å². The van der Waals surface area contributed by atoms with E-state index in [0.29, 0.717) is 6.54 Å². The van der Waals surface area contributed by atoms with E-state index in [9.17, 15) is 0 Å². The van der Waals surface area contributed by atoms with Gasteiger partial charge in [0.1, 0.15) is 5.82 Å². The quantitative estimate of drug-likeness (QED) is 0.725. The molecule has 0 spiro atoms. The number of piperazine rings is 1. The number of benzene rings is 1. The molecule has 0 atom stereocenters. The number of fused-ring (bicyclic) bond motifs is 1. The molecule has 0 radical (unpaired) electrons. The van der Waals surface area contributed by atoms with Gasteiger partial charge in [-0.25, -0.2) is 14.6 Å². The van der Waals surface area contributed by atoms with Gasteiger partial charge in [0, 0.05) is 26.2 Å². The lowest BCUT2D eigenvalue weighted by atomic mass is 10.2. The molecule has 0 aliphatic carbocycles. The summed E-state index contributed by atoms with van der Waals surface area (Å²) < 4.78 is 1.86. The molecule has 2 aromatic heterocycles. The molecule has 24 heavy (non-hydrogen) atoms. The van der Waals surface area contributed by atoms with Crippen LogP contribution in [0, 0.1) is 6.92 Å². The first-order chi connectivity index (χ1) is 11.7. The molecule has 4 rings (SSSR count). The van der Waals surface area contributed by atoms with Crippen molar-refractivity contribution in [3.05, 3.63) is 41.7 Å². The molecule has 0 bridgehead atoms. The fourth-order valence-electron chi connectivity index (χ4n) is 3.05. The van der Waals surface area contributed by atoms with Crippen LogP contribution in [-0.4, -0.2) is 63.1 Å². The fourth-order valence-corrected chi connectivity index (χ4v) is 3.05. The van der Waals surface area contributed by atoms with E-state index >= 15 is 0 Å². The van der Waals surface area contributed by atoms with Crippen LogP contribution in [0.4, 0.5) is 5.82 Å². The van der Waals surface area contributed by atoms with Gasteiger partial charge >= 0.3 is 0 Å². The average molecular weight is 323 g/mol. The maximum atomic E-state index is 4.65. The summed E-state index contributed by atoms with van der Waals surface area (Å²) in [6.45, 7) is 6.56. The van der Waals surface area contributed by atoms with Gasteiger partial charge < -0.3 is 9.80 Å². The summed E-state index contributed by atoms with van der Waals surface area (Å²) in [5, 5.41) is 8.71. The van der Waals surface area contributed by atoms with Crippen molar-refractivity contribution in [1.29, 1.82) is 0 Å². The summed E-state index contributed by atoms with van der Waals surface area (Å²) in [6, 6.07) is 10.3. The minimum atomic E-state index is 0.663. The zero-order valence-electron chi connectivity index (χ0n) is 14.1. The van der Waals surface area contributed by atoms with E-state index in [1.807, 2.05) is 29.8 Å². The third-order valence-corrected chi connectivity index (χ3v) is 4.43. The maximum Gasteiger partial charge on any atom is 0.184 e. The van der Waals surface area contributed by atoms with E-state index in [4.69, 9.17) is 0 Å². The molecule has 7 nitrogen and oxygen atoms in total. The highest BCUT2D eigenvalue weighted by Gasteiger charge is 2.21. The van der Waals surface area contributed by atoms with Gasteiger partial charge in [0.15, 0.2) is 17.0 Å². The molecule has 0 amide bonds. The van der Waals surface area contributed by atoms with Gasteiger partial charge in [-0.2, -0.15) is 0 Å². The predicted octanol–water partition coefficient (Wildman–Crippen LogP) is 1.33. The maximum absolute atomic E-state index is 4.65. The molecule has 7 heteroatoms. The van der Waals surface area contributed by atoms with Crippen molar-refractivity contribution in [1.82, 2.24) is 29.9 Å². The number of likely N-dealkylation sites (N-methyl/N-ethyl adjacent to an activating group) is 1. The third kappa shape index (κ3) is 2.82. The minimum Gasteiger partial charge on any atom is -0.352 e. The second kappa shape index (κ2) is 6.16. The van der Waals surface area contributed by atoms with Crippen molar-refractivity contribution in [2.24, 2.45) is 0 Å². The standard InChI is InChI=1S/C17H21N7/c1-13-18-16(23-10-8-22(2)9-11-23)15-17(19-13)24(21-20-15)12-14-6-4-3-5-7-14/h3-7H,8-12H2,1-2H3. The Balaban J connectivity index is 1.71. The number of anilines is 1. The second-order valence-electron chi connectivity index (χ2n) is 6.29. The fraction of sp³-hybridized carbons (Fsp3) is 0.412. The Morgan fingerprint density at radius 1 is 1.00 bits per heavy atom. The topological polar surface area (TPSA) is 63.0 Å². The zero-order valence-corrected chi connectivity index (χ0v) is 14.1. The van der Waals surface area contributed by atoms with Crippen LogP contribution in [0.25, 0.3) is 11.2 Å². The Labute approximate surface area is 140 Å². The Morgan fingerprint density at radius 2 is 1.75 bits per heavy atom. The Kier molecular flexibility index (Phi) is 3.86. The van der Waals surface area contributed by atoms with Crippen LogP contribution in [0.5, 0.6) is 0 Å². The van der Waals surface area contributed by atoms with Gasteiger partial charge in [0.05, 0.1) is 6.54 Å². The highest BCUT2D eigenvalue weighted by atomic mass is 15.5. The van der Waals surface area contributed by atoms with Gasteiger partial charge in [0.25, 0.3) is 0 Å². The molecule has 0 N–H and O–H groups in total. The summed E-state index contributed by atoms with van der Waals surface area (Å²) in [6.07, 6.45) is 0. The smallest absolute Gasteiger partial charge is 0.184 e. The van der Waals surface area contributed by atoms with Gasteiger partial charge in [-0.15, -0.1) is 5.10 Å². The van der Waals surface area contributed by atoms with Crippen LogP contribution < -0.4 is 4.90 Å². The molecule has 0 unspecified atom stereocenters. The van der Waals surface area contributed by atoms with Crippen LogP contribution in [0.15, 0.2) is 30.3 Å². The zero-order chi connectivity index (χ0) is 16.5. The summed E-state index contributed by atoms with van der Waals surface area (Å²) in [5.41, 5.74) is 2.78. The van der Waals surface area contributed by atoms with E-state index in [1.165, 1.54) is 5.56 Å². The molecular formula is C17H21N7. The van der Waals surface area contributed by atoms with Crippen molar-refractivity contribution in [3.8, 4) is 0 Å². The Hall–Kier alpha value is -2.54.